The Morgan fingerprint density at radius 3 is 2.45 bits per heavy atom. The van der Waals surface area contributed by atoms with Gasteiger partial charge in [0.1, 0.15) is 10.8 Å². The fourth-order valence-corrected chi connectivity index (χ4v) is 3.36. The molecule has 1 aromatic carbocycles. The van der Waals surface area contributed by atoms with Crippen LogP contribution in [-0.4, -0.2) is 12.1 Å². The molecule has 108 valence electrons. The van der Waals surface area contributed by atoms with Crippen molar-refractivity contribution >= 4 is 11.3 Å². The first kappa shape index (κ1) is 15.0. The Balaban J connectivity index is 2.48. The van der Waals surface area contributed by atoms with E-state index in [-0.39, 0.29) is 5.41 Å². The van der Waals surface area contributed by atoms with Crippen LogP contribution in [0.4, 0.5) is 0 Å². The highest BCUT2D eigenvalue weighted by Crippen LogP contribution is 2.35. The maximum absolute atomic E-state index is 5.86. The van der Waals surface area contributed by atoms with E-state index < -0.39 is 0 Å². The van der Waals surface area contributed by atoms with Crippen LogP contribution in [0.15, 0.2) is 18.2 Å². The van der Waals surface area contributed by atoms with Crippen LogP contribution in [0.1, 0.15) is 36.9 Å². The van der Waals surface area contributed by atoms with Crippen molar-refractivity contribution in [1.29, 1.82) is 0 Å². The molecular formula is C16H22N2OS. The second-order valence-electron chi connectivity index (χ2n) is 5.93. The quantitative estimate of drug-likeness (QED) is 0.933. The third kappa shape index (κ3) is 2.86. The van der Waals surface area contributed by atoms with Gasteiger partial charge in [0.2, 0.25) is 0 Å². The van der Waals surface area contributed by atoms with Gasteiger partial charge in [0.05, 0.1) is 12.8 Å². The van der Waals surface area contributed by atoms with E-state index in [4.69, 9.17) is 15.5 Å². The fraction of sp³-hybridized carbons (Fsp3) is 0.438. The lowest BCUT2D eigenvalue weighted by Crippen LogP contribution is -2.15. The topological polar surface area (TPSA) is 48.1 Å². The van der Waals surface area contributed by atoms with E-state index in [0.717, 1.165) is 27.6 Å². The van der Waals surface area contributed by atoms with Gasteiger partial charge < -0.3 is 10.5 Å². The molecule has 0 spiro atoms. The van der Waals surface area contributed by atoms with Crippen molar-refractivity contribution in [3.8, 4) is 16.3 Å². The fourth-order valence-electron chi connectivity index (χ4n) is 2.21. The van der Waals surface area contributed by atoms with Crippen molar-refractivity contribution < 1.29 is 4.74 Å². The molecule has 0 saturated heterocycles. The first-order valence-corrected chi connectivity index (χ1v) is 7.53. The van der Waals surface area contributed by atoms with Gasteiger partial charge in [-0.2, -0.15) is 0 Å². The molecule has 20 heavy (non-hydrogen) atoms. The summed E-state index contributed by atoms with van der Waals surface area (Å²) in [4.78, 5) is 5.98. The van der Waals surface area contributed by atoms with E-state index in [9.17, 15) is 0 Å². The average molecular weight is 290 g/mol. The van der Waals surface area contributed by atoms with E-state index in [1.165, 1.54) is 4.88 Å². The second kappa shape index (κ2) is 5.54. The number of ether oxygens (including phenoxy) is 1. The van der Waals surface area contributed by atoms with Crippen LogP contribution in [0.5, 0.6) is 5.75 Å². The molecule has 2 aromatic rings. The monoisotopic (exact) mass is 290 g/mol. The van der Waals surface area contributed by atoms with Gasteiger partial charge in [0, 0.05) is 22.4 Å². The molecule has 0 aliphatic carbocycles. The van der Waals surface area contributed by atoms with Gasteiger partial charge in [-0.1, -0.05) is 20.8 Å². The predicted molar refractivity (Wildman–Crippen MR) is 85.4 cm³/mol. The lowest BCUT2D eigenvalue weighted by atomic mass is 9.91. The highest BCUT2D eigenvalue weighted by Gasteiger charge is 2.23. The maximum Gasteiger partial charge on any atom is 0.123 e. The lowest BCUT2D eigenvalue weighted by Gasteiger charge is -2.16. The third-order valence-electron chi connectivity index (χ3n) is 3.23. The Labute approximate surface area is 124 Å². The minimum atomic E-state index is 0.0188. The molecule has 2 rings (SSSR count). The minimum Gasteiger partial charge on any atom is -0.496 e. The van der Waals surface area contributed by atoms with Gasteiger partial charge in [-0.05, 0) is 30.7 Å². The third-order valence-corrected chi connectivity index (χ3v) is 4.36. The number of aromatic nitrogens is 1. The number of aryl methyl sites for hydroxylation is 1. The summed E-state index contributed by atoms with van der Waals surface area (Å²) in [7, 11) is 1.69. The number of methoxy groups -OCH3 is 1. The molecular weight excluding hydrogens is 268 g/mol. The SMILES string of the molecule is COc1ccc(-c2nc(C(C)(C)C)c(CN)s2)cc1C. The van der Waals surface area contributed by atoms with Crippen LogP contribution in [0, 0.1) is 6.92 Å². The number of hydrogen-bond donors (Lipinski definition) is 1. The molecule has 2 N–H and O–H groups in total. The molecule has 1 aromatic heterocycles. The summed E-state index contributed by atoms with van der Waals surface area (Å²) >= 11 is 1.68. The van der Waals surface area contributed by atoms with Gasteiger partial charge in [-0.15, -0.1) is 11.3 Å². The summed E-state index contributed by atoms with van der Waals surface area (Å²) in [6.45, 7) is 9.10. The van der Waals surface area contributed by atoms with Crippen LogP contribution in [0.3, 0.4) is 0 Å². The van der Waals surface area contributed by atoms with E-state index in [1.807, 2.05) is 13.0 Å². The van der Waals surface area contributed by atoms with E-state index >= 15 is 0 Å². The van der Waals surface area contributed by atoms with Crippen molar-refractivity contribution in [2.75, 3.05) is 7.11 Å². The van der Waals surface area contributed by atoms with Crippen molar-refractivity contribution in [3.05, 3.63) is 34.3 Å². The average Bonchev–Trinajstić information content (AvgIpc) is 2.82. The minimum absolute atomic E-state index is 0.0188. The highest BCUT2D eigenvalue weighted by atomic mass is 32.1. The summed E-state index contributed by atoms with van der Waals surface area (Å²) in [5.74, 6) is 0.903. The van der Waals surface area contributed by atoms with Gasteiger partial charge in [-0.3, -0.25) is 0 Å². The summed E-state index contributed by atoms with van der Waals surface area (Å²) in [5.41, 5.74) is 9.23. The van der Waals surface area contributed by atoms with Crippen LogP contribution >= 0.6 is 11.3 Å². The summed E-state index contributed by atoms with van der Waals surface area (Å²) in [5, 5.41) is 1.03. The standard InChI is InChI=1S/C16H22N2OS/c1-10-8-11(6-7-12(10)19-5)15-18-14(16(2,3)4)13(9-17)20-15/h6-8H,9,17H2,1-5H3. The predicted octanol–water partition coefficient (Wildman–Crippen LogP) is 3.88. The zero-order chi connectivity index (χ0) is 14.9. The number of hydrogen-bond acceptors (Lipinski definition) is 4. The molecule has 0 aliphatic heterocycles. The van der Waals surface area contributed by atoms with Crippen LogP contribution in [0.25, 0.3) is 10.6 Å². The smallest absolute Gasteiger partial charge is 0.123 e. The molecule has 4 heteroatoms. The van der Waals surface area contributed by atoms with Crippen LogP contribution in [-0.2, 0) is 12.0 Å². The highest BCUT2D eigenvalue weighted by molar-refractivity contribution is 7.15. The van der Waals surface area contributed by atoms with E-state index in [2.05, 4.69) is 32.9 Å². The molecule has 3 nitrogen and oxygen atoms in total. The molecule has 0 unspecified atom stereocenters. The van der Waals surface area contributed by atoms with Crippen molar-refractivity contribution in [2.45, 2.75) is 39.7 Å². The zero-order valence-corrected chi connectivity index (χ0v) is 13.6. The molecule has 0 atom stereocenters. The summed E-state index contributed by atoms with van der Waals surface area (Å²) in [6.07, 6.45) is 0. The van der Waals surface area contributed by atoms with Crippen molar-refractivity contribution in [1.82, 2.24) is 4.98 Å². The first-order valence-electron chi connectivity index (χ1n) is 6.72. The summed E-state index contributed by atoms with van der Waals surface area (Å²) < 4.78 is 5.30. The molecule has 0 amide bonds. The van der Waals surface area contributed by atoms with Gasteiger partial charge >= 0.3 is 0 Å². The Morgan fingerprint density at radius 2 is 2.00 bits per heavy atom. The molecule has 1 heterocycles. The largest absolute Gasteiger partial charge is 0.496 e. The van der Waals surface area contributed by atoms with Crippen LogP contribution < -0.4 is 10.5 Å². The van der Waals surface area contributed by atoms with Crippen LogP contribution in [0.2, 0.25) is 0 Å². The maximum atomic E-state index is 5.86. The zero-order valence-electron chi connectivity index (χ0n) is 12.8. The normalized spacial score (nSPS) is 11.7. The van der Waals surface area contributed by atoms with E-state index in [0.29, 0.717) is 6.54 Å². The molecule has 0 fully saturated rings. The number of nitrogens with zero attached hydrogens (tertiary/aromatic N) is 1. The second-order valence-corrected chi connectivity index (χ2v) is 7.01. The number of benzene rings is 1. The molecule has 0 bridgehead atoms. The Hall–Kier alpha value is -1.39. The van der Waals surface area contributed by atoms with Crippen molar-refractivity contribution in [2.24, 2.45) is 5.73 Å². The van der Waals surface area contributed by atoms with Gasteiger partial charge in [-0.25, -0.2) is 4.98 Å². The van der Waals surface area contributed by atoms with Gasteiger partial charge in [0.25, 0.3) is 0 Å². The molecule has 0 aliphatic rings. The van der Waals surface area contributed by atoms with Crippen molar-refractivity contribution in [3.63, 3.8) is 0 Å². The van der Waals surface area contributed by atoms with E-state index in [1.54, 1.807) is 18.4 Å². The Morgan fingerprint density at radius 1 is 1.30 bits per heavy atom. The summed E-state index contributed by atoms with van der Waals surface area (Å²) in [6, 6.07) is 6.16. The Bertz CT molecular complexity index is 611. The van der Waals surface area contributed by atoms with Gasteiger partial charge in [0.15, 0.2) is 0 Å². The lowest BCUT2D eigenvalue weighted by molar-refractivity contribution is 0.412. The first-order chi connectivity index (χ1) is 9.36. The number of rotatable bonds is 3. The Kier molecular flexibility index (Phi) is 4.16. The number of thiazole rings is 1. The molecule has 0 saturated carbocycles. The molecule has 0 radical (unpaired) electrons. The number of nitrogens with two attached hydrogens (primary N) is 1.